The Hall–Kier alpha value is -0.770. The van der Waals surface area contributed by atoms with E-state index in [-0.39, 0.29) is 0 Å². The average Bonchev–Trinajstić information content (AvgIpc) is 3.16. The van der Waals surface area contributed by atoms with Gasteiger partial charge in [-0.1, -0.05) is 19.3 Å². The summed E-state index contributed by atoms with van der Waals surface area (Å²) in [6.45, 7) is 2.24. The molecule has 2 aliphatic rings. The third kappa shape index (κ3) is 2.35. The molecular weight excluding hydrogens is 242 g/mol. The Labute approximate surface area is 113 Å². The fourth-order valence-electron chi connectivity index (χ4n) is 2.99. The first kappa shape index (κ1) is 12.3. The summed E-state index contributed by atoms with van der Waals surface area (Å²) in [6.07, 6.45) is 9.36. The highest BCUT2D eigenvalue weighted by Crippen LogP contribution is 2.41. The molecule has 3 rings (SSSR count). The molecule has 1 heterocycles. The summed E-state index contributed by atoms with van der Waals surface area (Å²) in [5, 5.41) is 0. The van der Waals surface area contributed by atoms with Crippen LogP contribution in [-0.4, -0.2) is 17.8 Å². The molecule has 0 aromatic carbocycles. The minimum absolute atomic E-state index is 0.559. The van der Waals surface area contributed by atoms with Gasteiger partial charge in [0.1, 0.15) is 0 Å². The van der Waals surface area contributed by atoms with E-state index >= 15 is 0 Å². The van der Waals surface area contributed by atoms with Gasteiger partial charge in [-0.3, -0.25) is 4.99 Å². The molecule has 0 atom stereocenters. The lowest BCUT2D eigenvalue weighted by atomic mass is 9.96. The molecule has 0 amide bonds. The minimum atomic E-state index is 0.559. The minimum Gasteiger partial charge on any atom is -0.327 e. The summed E-state index contributed by atoms with van der Waals surface area (Å²) in [6, 6.07) is 0.559. The number of nitrogens with one attached hydrogen (secondary N) is 1. The molecule has 0 radical (unpaired) electrons. The number of hydrogen-bond donors (Lipinski definition) is 1. The first-order chi connectivity index (χ1) is 8.79. The van der Waals surface area contributed by atoms with Crippen molar-refractivity contribution in [3.05, 3.63) is 15.4 Å². The molecule has 0 aliphatic heterocycles. The van der Waals surface area contributed by atoms with Crippen molar-refractivity contribution < 1.29 is 0 Å². The third-order valence-corrected chi connectivity index (χ3v) is 5.08. The second-order valence-corrected chi connectivity index (χ2v) is 6.76. The average molecular weight is 265 g/mol. The van der Waals surface area contributed by atoms with E-state index < -0.39 is 0 Å². The van der Waals surface area contributed by atoms with E-state index in [9.17, 15) is 0 Å². The van der Waals surface area contributed by atoms with Gasteiger partial charge >= 0.3 is 0 Å². The van der Waals surface area contributed by atoms with Crippen molar-refractivity contribution in [1.29, 1.82) is 0 Å². The summed E-state index contributed by atoms with van der Waals surface area (Å²) in [7, 11) is 2.01. The maximum absolute atomic E-state index is 5.00. The van der Waals surface area contributed by atoms with Crippen LogP contribution >= 0.6 is 11.3 Å². The Morgan fingerprint density at radius 3 is 2.50 bits per heavy atom. The van der Waals surface area contributed by atoms with Gasteiger partial charge in [0.2, 0.25) is 4.80 Å². The largest absolute Gasteiger partial charge is 0.327 e. The van der Waals surface area contributed by atoms with Crippen LogP contribution in [0, 0.1) is 6.92 Å². The first-order valence-electron chi connectivity index (χ1n) is 7.23. The zero-order valence-corrected chi connectivity index (χ0v) is 12.2. The first-order valence-corrected chi connectivity index (χ1v) is 8.05. The molecule has 0 saturated heterocycles. The fourth-order valence-corrected chi connectivity index (χ4v) is 4.11. The van der Waals surface area contributed by atoms with Crippen molar-refractivity contribution in [2.24, 2.45) is 4.99 Å². The van der Waals surface area contributed by atoms with Crippen molar-refractivity contribution in [2.75, 3.05) is 12.5 Å². The fraction of sp³-hybridized carbons (Fsp3) is 0.786. The molecule has 2 fully saturated rings. The second kappa shape index (κ2) is 5.08. The lowest BCUT2D eigenvalue weighted by Crippen LogP contribution is -2.27. The van der Waals surface area contributed by atoms with Crippen LogP contribution in [0.3, 0.4) is 0 Å². The zero-order valence-electron chi connectivity index (χ0n) is 11.4. The van der Waals surface area contributed by atoms with Crippen LogP contribution in [0.2, 0.25) is 0 Å². The van der Waals surface area contributed by atoms with E-state index in [1.165, 1.54) is 60.3 Å². The monoisotopic (exact) mass is 265 g/mol. The highest BCUT2D eigenvalue weighted by molar-refractivity contribution is 7.09. The van der Waals surface area contributed by atoms with Crippen LogP contribution in [0.1, 0.15) is 61.4 Å². The molecule has 0 spiro atoms. The highest BCUT2D eigenvalue weighted by Gasteiger charge is 2.29. The molecule has 3 nitrogen and oxygen atoms in total. The summed E-state index contributed by atoms with van der Waals surface area (Å²) in [5.74, 6) is 0.781. The molecule has 2 saturated carbocycles. The lowest BCUT2D eigenvalue weighted by molar-refractivity contribution is 0.435. The van der Waals surface area contributed by atoms with Crippen molar-refractivity contribution in [3.63, 3.8) is 0 Å². The van der Waals surface area contributed by atoms with Crippen molar-refractivity contribution >= 4 is 11.3 Å². The predicted molar refractivity (Wildman–Crippen MR) is 76.7 cm³/mol. The quantitative estimate of drug-likeness (QED) is 0.894. The molecule has 0 bridgehead atoms. The molecule has 100 valence electrons. The van der Waals surface area contributed by atoms with E-state index in [1.807, 2.05) is 18.4 Å². The van der Waals surface area contributed by atoms with E-state index in [0.717, 1.165) is 5.92 Å². The Balaban J connectivity index is 1.95. The normalized spacial score (nSPS) is 22.4. The number of aryl methyl sites for hydroxylation is 1. The number of aromatic nitrogens is 1. The van der Waals surface area contributed by atoms with Crippen LogP contribution in [0.25, 0.3) is 0 Å². The molecule has 18 heavy (non-hydrogen) atoms. The van der Waals surface area contributed by atoms with E-state index in [0.29, 0.717) is 6.04 Å². The van der Waals surface area contributed by atoms with E-state index in [1.54, 1.807) is 0 Å². The van der Waals surface area contributed by atoms with Crippen molar-refractivity contribution in [2.45, 2.75) is 63.8 Å². The molecular formula is C14H23N3S. The van der Waals surface area contributed by atoms with Crippen molar-refractivity contribution in [1.82, 2.24) is 4.68 Å². The van der Waals surface area contributed by atoms with Crippen LogP contribution in [0.4, 0.5) is 0 Å². The van der Waals surface area contributed by atoms with Gasteiger partial charge < -0.3 is 5.43 Å². The second-order valence-electron chi connectivity index (χ2n) is 5.58. The van der Waals surface area contributed by atoms with Crippen LogP contribution in [0.5, 0.6) is 0 Å². The van der Waals surface area contributed by atoms with Crippen molar-refractivity contribution in [3.8, 4) is 0 Å². The maximum Gasteiger partial charge on any atom is 0.204 e. The Morgan fingerprint density at radius 1 is 1.17 bits per heavy atom. The topological polar surface area (TPSA) is 29.3 Å². The molecule has 1 N–H and O–H groups in total. The van der Waals surface area contributed by atoms with Gasteiger partial charge in [-0.2, -0.15) is 0 Å². The SMILES string of the molecule is CNn1c(C2CC2)c(C)sc1=NC1CCCCC1. The molecule has 0 unspecified atom stereocenters. The van der Waals surface area contributed by atoms with E-state index in [2.05, 4.69) is 17.0 Å². The van der Waals surface area contributed by atoms with Gasteiger partial charge in [0.05, 0.1) is 11.7 Å². The van der Waals surface area contributed by atoms with Gasteiger partial charge in [-0.25, -0.2) is 4.68 Å². The van der Waals surface area contributed by atoms with Crippen LogP contribution in [0.15, 0.2) is 4.99 Å². The molecule has 2 aliphatic carbocycles. The summed E-state index contributed by atoms with van der Waals surface area (Å²) >= 11 is 1.86. The zero-order chi connectivity index (χ0) is 12.5. The van der Waals surface area contributed by atoms with Gasteiger partial charge in [0.25, 0.3) is 0 Å². The Morgan fingerprint density at radius 2 is 1.89 bits per heavy atom. The molecule has 1 aromatic rings. The molecule has 4 heteroatoms. The number of rotatable bonds is 3. The summed E-state index contributed by atoms with van der Waals surface area (Å²) < 4.78 is 2.24. The Bertz CT molecular complexity index is 476. The maximum atomic E-state index is 5.00. The third-order valence-electron chi connectivity index (χ3n) is 4.09. The lowest BCUT2D eigenvalue weighted by Gasteiger charge is -2.17. The predicted octanol–water partition coefficient (Wildman–Crippen LogP) is 3.14. The van der Waals surface area contributed by atoms with Gasteiger partial charge in [0, 0.05) is 17.8 Å². The van der Waals surface area contributed by atoms with E-state index in [4.69, 9.17) is 4.99 Å². The van der Waals surface area contributed by atoms with Gasteiger partial charge in [0.15, 0.2) is 0 Å². The smallest absolute Gasteiger partial charge is 0.204 e. The van der Waals surface area contributed by atoms with Crippen LogP contribution in [-0.2, 0) is 0 Å². The Kier molecular flexibility index (Phi) is 3.46. The van der Waals surface area contributed by atoms with Gasteiger partial charge in [-0.15, -0.1) is 11.3 Å². The summed E-state index contributed by atoms with van der Waals surface area (Å²) in [5.41, 5.74) is 4.81. The van der Waals surface area contributed by atoms with Crippen LogP contribution < -0.4 is 10.2 Å². The standard InChI is InChI=1S/C14H23N3S/c1-10-13(11-8-9-11)17(15-2)14(18-10)16-12-6-4-3-5-7-12/h11-12,15H,3-9H2,1-2H3. The highest BCUT2D eigenvalue weighted by atomic mass is 32.1. The number of nitrogens with zero attached hydrogens (tertiary/aromatic N) is 2. The number of hydrogen-bond acceptors (Lipinski definition) is 3. The number of thiazole rings is 1. The summed E-state index contributed by atoms with van der Waals surface area (Å²) in [4.78, 5) is 7.63. The van der Waals surface area contributed by atoms with Gasteiger partial charge in [-0.05, 0) is 32.6 Å². The molecule has 1 aromatic heterocycles.